The highest BCUT2D eigenvalue weighted by molar-refractivity contribution is 9.09. The Balaban J connectivity index is 3.16. The molecule has 0 aliphatic rings. The highest BCUT2D eigenvalue weighted by Crippen LogP contribution is 2.05. The van der Waals surface area contributed by atoms with Crippen LogP contribution >= 0.6 is 15.9 Å². The highest BCUT2D eigenvalue weighted by atomic mass is 79.9. The molecule has 0 amide bonds. The second kappa shape index (κ2) is 6.10. The van der Waals surface area contributed by atoms with E-state index in [0.29, 0.717) is 17.4 Å². The Kier molecular flexibility index (Phi) is 6.33. The fourth-order valence-corrected chi connectivity index (χ4v) is 1.43. The number of hydrogen-bond acceptors (Lipinski definition) is 1. The molecule has 0 saturated carbocycles. The predicted octanol–water partition coefficient (Wildman–Crippen LogP) is 2.11. The lowest BCUT2D eigenvalue weighted by Crippen LogP contribution is -2.29. The van der Waals surface area contributed by atoms with Gasteiger partial charge in [-0.05, 0) is 13.3 Å². The Morgan fingerprint density at radius 2 is 2.10 bits per heavy atom. The second-order valence-electron chi connectivity index (χ2n) is 2.56. The van der Waals surface area contributed by atoms with Gasteiger partial charge in [0.1, 0.15) is 6.67 Å². The topological polar surface area (TPSA) is 12.0 Å². The Labute approximate surface area is 70.5 Å². The van der Waals surface area contributed by atoms with Crippen molar-refractivity contribution in [1.82, 2.24) is 5.32 Å². The largest absolute Gasteiger partial charge is 0.312 e. The molecule has 0 bridgehead atoms. The minimum atomic E-state index is -0.277. The number of alkyl halides is 2. The zero-order chi connectivity index (χ0) is 7.98. The first-order valence-corrected chi connectivity index (χ1v) is 4.51. The van der Waals surface area contributed by atoms with E-state index in [-0.39, 0.29) is 6.67 Å². The Morgan fingerprint density at radius 1 is 1.50 bits per heavy atom. The van der Waals surface area contributed by atoms with Gasteiger partial charge < -0.3 is 5.32 Å². The first kappa shape index (κ1) is 10.4. The summed E-state index contributed by atoms with van der Waals surface area (Å²) in [6, 6.07) is 0.408. The summed E-state index contributed by atoms with van der Waals surface area (Å²) in [4.78, 5) is 0.509. The molecule has 2 unspecified atom stereocenters. The minimum absolute atomic E-state index is 0.277. The van der Waals surface area contributed by atoms with Gasteiger partial charge in [-0.2, -0.15) is 0 Å². The molecule has 10 heavy (non-hydrogen) atoms. The number of halogens is 2. The third kappa shape index (κ3) is 6.49. The van der Waals surface area contributed by atoms with E-state index in [0.717, 1.165) is 6.42 Å². The molecule has 0 radical (unpaired) electrons. The summed E-state index contributed by atoms with van der Waals surface area (Å²) in [7, 11) is 0. The number of nitrogens with one attached hydrogen (secondary N) is 1. The van der Waals surface area contributed by atoms with Gasteiger partial charge in [-0.25, -0.2) is 4.39 Å². The van der Waals surface area contributed by atoms with Gasteiger partial charge in [0.25, 0.3) is 0 Å². The van der Waals surface area contributed by atoms with Crippen molar-refractivity contribution in [3.8, 4) is 0 Å². The van der Waals surface area contributed by atoms with Crippen LogP contribution in [0.4, 0.5) is 4.39 Å². The fourth-order valence-electron chi connectivity index (χ4n) is 0.871. The number of rotatable bonds is 5. The molecular formula is C7H15BrFN. The molecular weight excluding hydrogens is 197 g/mol. The van der Waals surface area contributed by atoms with Crippen molar-refractivity contribution in [2.45, 2.75) is 31.1 Å². The van der Waals surface area contributed by atoms with E-state index < -0.39 is 0 Å². The maximum absolute atomic E-state index is 11.6. The summed E-state index contributed by atoms with van der Waals surface area (Å²) < 4.78 is 11.6. The first-order valence-electron chi connectivity index (χ1n) is 3.60. The van der Waals surface area contributed by atoms with Crippen molar-refractivity contribution < 1.29 is 4.39 Å². The van der Waals surface area contributed by atoms with E-state index in [1.165, 1.54) is 0 Å². The second-order valence-corrected chi connectivity index (χ2v) is 4.12. The van der Waals surface area contributed by atoms with Crippen LogP contribution in [0.1, 0.15) is 20.3 Å². The lowest BCUT2D eigenvalue weighted by Gasteiger charge is -2.13. The molecule has 0 fully saturated rings. The van der Waals surface area contributed by atoms with Crippen LogP contribution in [0.2, 0.25) is 0 Å². The zero-order valence-electron chi connectivity index (χ0n) is 6.53. The van der Waals surface area contributed by atoms with E-state index in [9.17, 15) is 4.39 Å². The quantitative estimate of drug-likeness (QED) is 0.688. The van der Waals surface area contributed by atoms with Crippen molar-refractivity contribution in [2.75, 3.05) is 13.2 Å². The van der Waals surface area contributed by atoms with Crippen LogP contribution in [-0.4, -0.2) is 24.1 Å². The van der Waals surface area contributed by atoms with Crippen LogP contribution in [0.15, 0.2) is 0 Å². The van der Waals surface area contributed by atoms with Gasteiger partial charge in [-0.1, -0.05) is 22.9 Å². The minimum Gasteiger partial charge on any atom is -0.312 e. The van der Waals surface area contributed by atoms with E-state index in [4.69, 9.17) is 0 Å². The van der Waals surface area contributed by atoms with Crippen molar-refractivity contribution in [3.63, 3.8) is 0 Å². The SMILES string of the molecule is CC(Br)CC(C)NCCF. The van der Waals surface area contributed by atoms with Crippen molar-refractivity contribution >= 4 is 15.9 Å². The molecule has 1 N–H and O–H groups in total. The van der Waals surface area contributed by atoms with E-state index in [1.807, 2.05) is 0 Å². The summed E-state index contributed by atoms with van der Waals surface area (Å²) in [6.07, 6.45) is 1.04. The Hall–Kier alpha value is 0.370. The third-order valence-electron chi connectivity index (χ3n) is 1.27. The van der Waals surface area contributed by atoms with Crippen LogP contribution in [0.5, 0.6) is 0 Å². The standard InChI is InChI=1S/C7H15BrFN/c1-6(8)5-7(2)10-4-3-9/h6-7,10H,3-5H2,1-2H3. The lowest BCUT2D eigenvalue weighted by atomic mass is 10.2. The zero-order valence-corrected chi connectivity index (χ0v) is 8.12. The molecule has 2 atom stereocenters. The molecule has 62 valence electrons. The van der Waals surface area contributed by atoms with E-state index in [1.54, 1.807) is 0 Å². The average Bonchev–Trinajstić information content (AvgIpc) is 1.82. The van der Waals surface area contributed by atoms with Crippen LogP contribution in [-0.2, 0) is 0 Å². The summed E-state index contributed by atoms with van der Waals surface area (Å²) in [5, 5.41) is 3.06. The van der Waals surface area contributed by atoms with Gasteiger partial charge in [0.15, 0.2) is 0 Å². The molecule has 0 saturated heterocycles. The van der Waals surface area contributed by atoms with Crippen molar-refractivity contribution in [1.29, 1.82) is 0 Å². The van der Waals surface area contributed by atoms with Crippen LogP contribution in [0.25, 0.3) is 0 Å². The van der Waals surface area contributed by atoms with Crippen molar-refractivity contribution in [2.24, 2.45) is 0 Å². The van der Waals surface area contributed by atoms with E-state index in [2.05, 4.69) is 35.1 Å². The smallest absolute Gasteiger partial charge is 0.102 e. The van der Waals surface area contributed by atoms with Gasteiger partial charge in [0.2, 0.25) is 0 Å². The summed E-state index contributed by atoms with van der Waals surface area (Å²) in [6.45, 7) is 4.35. The van der Waals surface area contributed by atoms with Gasteiger partial charge in [0, 0.05) is 17.4 Å². The monoisotopic (exact) mass is 211 g/mol. The van der Waals surface area contributed by atoms with Crippen LogP contribution < -0.4 is 5.32 Å². The van der Waals surface area contributed by atoms with Gasteiger partial charge >= 0.3 is 0 Å². The summed E-state index contributed by atoms with van der Waals surface area (Å²) in [5.74, 6) is 0. The lowest BCUT2D eigenvalue weighted by molar-refractivity contribution is 0.430. The molecule has 0 spiro atoms. The van der Waals surface area contributed by atoms with Crippen LogP contribution in [0, 0.1) is 0 Å². The van der Waals surface area contributed by atoms with Gasteiger partial charge in [-0.3, -0.25) is 0 Å². The molecule has 1 nitrogen and oxygen atoms in total. The van der Waals surface area contributed by atoms with Crippen molar-refractivity contribution in [3.05, 3.63) is 0 Å². The summed E-state index contributed by atoms with van der Waals surface area (Å²) >= 11 is 3.43. The third-order valence-corrected chi connectivity index (χ3v) is 1.64. The maximum atomic E-state index is 11.6. The average molecular weight is 212 g/mol. The molecule has 0 aromatic heterocycles. The Morgan fingerprint density at radius 3 is 2.50 bits per heavy atom. The molecule has 0 aromatic rings. The van der Waals surface area contributed by atoms with Crippen LogP contribution in [0.3, 0.4) is 0 Å². The normalized spacial score (nSPS) is 16.8. The summed E-state index contributed by atoms with van der Waals surface area (Å²) in [5.41, 5.74) is 0. The van der Waals surface area contributed by atoms with E-state index >= 15 is 0 Å². The first-order chi connectivity index (χ1) is 4.66. The molecule has 3 heteroatoms. The molecule has 0 aromatic carbocycles. The highest BCUT2D eigenvalue weighted by Gasteiger charge is 2.03. The van der Waals surface area contributed by atoms with Gasteiger partial charge in [-0.15, -0.1) is 0 Å². The van der Waals surface area contributed by atoms with Gasteiger partial charge in [0.05, 0.1) is 0 Å². The molecule has 0 rings (SSSR count). The Bertz CT molecular complexity index is 78.0. The molecule has 0 heterocycles. The fraction of sp³-hybridized carbons (Fsp3) is 1.00. The maximum Gasteiger partial charge on any atom is 0.102 e. The number of hydrogen-bond donors (Lipinski definition) is 1. The molecule has 0 aliphatic heterocycles. The predicted molar refractivity (Wildman–Crippen MR) is 46.4 cm³/mol. The molecule has 0 aliphatic carbocycles.